The summed E-state index contributed by atoms with van der Waals surface area (Å²) in [7, 11) is 0. The highest BCUT2D eigenvalue weighted by Gasteiger charge is 2.46. The first-order valence-corrected chi connectivity index (χ1v) is 10.8. The van der Waals surface area contributed by atoms with Gasteiger partial charge >= 0.3 is 5.69 Å². The molecule has 1 fully saturated rings. The van der Waals surface area contributed by atoms with Gasteiger partial charge in [0.25, 0.3) is 5.56 Å². The van der Waals surface area contributed by atoms with Gasteiger partial charge in [0, 0.05) is 12.5 Å². The summed E-state index contributed by atoms with van der Waals surface area (Å²) in [6.45, 7) is 4.27. The molecule has 1 N–H and O–H groups in total. The number of rotatable bonds is 4. The van der Waals surface area contributed by atoms with E-state index < -0.39 is 34.3 Å². The molecule has 2 aliphatic rings. The Kier molecular flexibility index (Phi) is 4.76. The van der Waals surface area contributed by atoms with Crippen LogP contribution in [0, 0.1) is 17.6 Å². The third-order valence-corrected chi connectivity index (χ3v) is 6.66. The number of fused-ring (bicyclic) bond motifs is 6. The molecule has 166 valence electrons. The summed E-state index contributed by atoms with van der Waals surface area (Å²) >= 11 is 0. The van der Waals surface area contributed by atoms with Crippen LogP contribution in [-0.4, -0.2) is 26.9 Å². The number of aromatic nitrogens is 2. The summed E-state index contributed by atoms with van der Waals surface area (Å²) in [4.78, 5) is 44.0. The summed E-state index contributed by atoms with van der Waals surface area (Å²) in [6, 6.07) is 8.78. The summed E-state index contributed by atoms with van der Waals surface area (Å²) < 4.78 is 29.1. The number of carbonyl (C=O) groups excluding carboxylic acids is 1. The number of halogens is 2. The number of likely N-dealkylation sites (tertiary alicyclic amines) is 1. The maximum atomic E-state index is 14.5. The van der Waals surface area contributed by atoms with E-state index in [0.29, 0.717) is 6.54 Å². The van der Waals surface area contributed by atoms with Gasteiger partial charge in [-0.3, -0.25) is 9.59 Å². The third-order valence-electron chi connectivity index (χ3n) is 6.66. The highest BCUT2D eigenvalue weighted by Crippen LogP contribution is 2.50. The van der Waals surface area contributed by atoms with Crippen molar-refractivity contribution in [1.29, 1.82) is 0 Å². The number of hydrogen-bond acceptors (Lipinski definition) is 3. The summed E-state index contributed by atoms with van der Waals surface area (Å²) in [5.41, 5.74) is 0.426. The van der Waals surface area contributed by atoms with E-state index in [1.807, 2.05) is 32.0 Å². The Morgan fingerprint density at radius 1 is 1.12 bits per heavy atom. The number of nitrogens with one attached hydrogen (secondary N) is 1. The van der Waals surface area contributed by atoms with Crippen molar-refractivity contribution in [2.24, 2.45) is 5.92 Å². The van der Waals surface area contributed by atoms with Gasteiger partial charge in [0.2, 0.25) is 5.91 Å². The van der Waals surface area contributed by atoms with E-state index >= 15 is 0 Å². The van der Waals surface area contributed by atoms with Crippen LogP contribution < -0.4 is 11.2 Å². The predicted octanol–water partition coefficient (Wildman–Crippen LogP) is 3.63. The lowest BCUT2D eigenvalue weighted by molar-refractivity contribution is -0.136. The third kappa shape index (κ3) is 3.00. The van der Waals surface area contributed by atoms with Crippen molar-refractivity contribution >= 4 is 16.8 Å². The first kappa shape index (κ1) is 20.6. The molecule has 3 aromatic rings. The molecule has 3 atom stereocenters. The zero-order valence-corrected chi connectivity index (χ0v) is 17.8. The van der Waals surface area contributed by atoms with Crippen LogP contribution in [0.1, 0.15) is 55.8 Å². The van der Waals surface area contributed by atoms with Gasteiger partial charge in [-0.05, 0) is 42.0 Å². The zero-order chi connectivity index (χ0) is 22.7. The van der Waals surface area contributed by atoms with Crippen molar-refractivity contribution in [2.75, 3.05) is 6.54 Å². The van der Waals surface area contributed by atoms with Crippen LogP contribution in [0.3, 0.4) is 0 Å². The maximum absolute atomic E-state index is 14.5. The fourth-order valence-corrected chi connectivity index (χ4v) is 5.28. The molecular formula is C24H23F2N3O3. The molecular weight excluding hydrogens is 416 g/mol. The molecule has 0 saturated carbocycles. The first-order valence-electron chi connectivity index (χ1n) is 10.8. The van der Waals surface area contributed by atoms with Crippen LogP contribution in [-0.2, 0) is 4.79 Å². The van der Waals surface area contributed by atoms with Crippen molar-refractivity contribution in [3.8, 4) is 0 Å². The lowest BCUT2D eigenvalue weighted by Crippen LogP contribution is -2.47. The largest absolute Gasteiger partial charge is 0.333 e. The van der Waals surface area contributed by atoms with Gasteiger partial charge in [-0.1, -0.05) is 38.1 Å². The summed E-state index contributed by atoms with van der Waals surface area (Å²) in [5, 5.41) is -0.556. The Morgan fingerprint density at radius 2 is 1.84 bits per heavy atom. The molecule has 0 spiro atoms. The molecule has 1 aliphatic carbocycles. The van der Waals surface area contributed by atoms with E-state index in [0.717, 1.165) is 28.7 Å². The summed E-state index contributed by atoms with van der Waals surface area (Å²) in [6.07, 6.45) is 1.03. The standard InChI is InChI=1S/C24H23F2N3O3/c1-12(2)9-19(22(30)28-11-13-10-18(28)15-6-4-3-5-14(13)15)29-23(31)20-17(27-24(29)32)8-7-16(25)21(20)26/h3-8,12-13,18-19H,9-11H2,1-2H3,(H,27,32)/t13-,18-,19-/m0/s1. The number of hydrogen-bond donors (Lipinski definition) is 1. The minimum absolute atomic E-state index is 0.0182. The smallest absolute Gasteiger partial charge is 0.329 e. The zero-order valence-electron chi connectivity index (χ0n) is 17.8. The molecule has 1 amide bonds. The molecule has 0 unspecified atom stereocenters. The van der Waals surface area contributed by atoms with E-state index in [1.165, 1.54) is 5.56 Å². The first-order chi connectivity index (χ1) is 15.3. The van der Waals surface area contributed by atoms with Crippen LogP contribution in [0.5, 0.6) is 0 Å². The topological polar surface area (TPSA) is 75.2 Å². The fourth-order valence-electron chi connectivity index (χ4n) is 5.28. The molecule has 8 heteroatoms. The van der Waals surface area contributed by atoms with Gasteiger partial charge in [-0.25, -0.2) is 18.1 Å². The summed E-state index contributed by atoms with van der Waals surface area (Å²) in [5.74, 6) is -2.66. The van der Waals surface area contributed by atoms with E-state index in [9.17, 15) is 23.2 Å². The lowest BCUT2D eigenvalue weighted by Gasteiger charge is -2.33. The number of benzene rings is 2. The van der Waals surface area contributed by atoms with Crippen LogP contribution >= 0.6 is 0 Å². The molecule has 1 aromatic heterocycles. The number of amides is 1. The average molecular weight is 439 g/mol. The Hall–Kier alpha value is -3.29. The van der Waals surface area contributed by atoms with Crippen molar-refractivity contribution in [1.82, 2.24) is 14.5 Å². The Labute approximate surface area is 182 Å². The van der Waals surface area contributed by atoms with Crippen molar-refractivity contribution in [3.63, 3.8) is 0 Å². The van der Waals surface area contributed by atoms with Gasteiger partial charge in [0.15, 0.2) is 11.6 Å². The second-order valence-corrected chi connectivity index (χ2v) is 9.10. The molecule has 6 nitrogen and oxygen atoms in total. The molecule has 32 heavy (non-hydrogen) atoms. The molecule has 2 aromatic carbocycles. The van der Waals surface area contributed by atoms with Crippen molar-refractivity contribution in [2.45, 2.75) is 44.7 Å². The number of carbonyl (C=O) groups is 1. The van der Waals surface area contributed by atoms with Crippen LogP contribution in [0.15, 0.2) is 46.0 Å². The van der Waals surface area contributed by atoms with Crippen molar-refractivity contribution in [3.05, 3.63) is 80.0 Å². The van der Waals surface area contributed by atoms with E-state index in [2.05, 4.69) is 11.1 Å². The SMILES string of the molecule is CC(C)C[C@@H](C(=O)N1C[C@@H]2C[C@H]1c1ccccc12)n1c(=O)[nH]c2ccc(F)c(F)c2c1=O. The van der Waals surface area contributed by atoms with E-state index in [-0.39, 0.29) is 35.7 Å². The molecule has 5 rings (SSSR count). The highest BCUT2D eigenvalue weighted by molar-refractivity contribution is 5.83. The predicted molar refractivity (Wildman–Crippen MR) is 115 cm³/mol. The normalized spacial score (nSPS) is 20.2. The molecule has 2 bridgehead atoms. The fraction of sp³-hybridized carbons (Fsp3) is 0.375. The van der Waals surface area contributed by atoms with Gasteiger partial charge in [0.05, 0.1) is 11.6 Å². The lowest BCUT2D eigenvalue weighted by atomic mass is 9.97. The molecule has 2 heterocycles. The van der Waals surface area contributed by atoms with Crippen LogP contribution in [0.25, 0.3) is 10.9 Å². The Bertz CT molecular complexity index is 1360. The molecule has 1 aliphatic heterocycles. The Morgan fingerprint density at radius 3 is 2.56 bits per heavy atom. The monoisotopic (exact) mass is 439 g/mol. The second kappa shape index (κ2) is 7.39. The number of nitrogens with zero attached hydrogens (tertiary/aromatic N) is 2. The molecule has 0 radical (unpaired) electrons. The van der Waals surface area contributed by atoms with Crippen molar-refractivity contribution < 1.29 is 13.6 Å². The van der Waals surface area contributed by atoms with Crippen LogP contribution in [0.4, 0.5) is 8.78 Å². The van der Waals surface area contributed by atoms with Gasteiger partial charge in [-0.15, -0.1) is 0 Å². The number of aromatic amines is 1. The minimum atomic E-state index is -1.33. The van der Waals surface area contributed by atoms with Gasteiger partial charge in [-0.2, -0.15) is 0 Å². The van der Waals surface area contributed by atoms with Crippen LogP contribution in [0.2, 0.25) is 0 Å². The highest BCUT2D eigenvalue weighted by atomic mass is 19.2. The quantitative estimate of drug-likeness (QED) is 0.675. The number of H-pyrrole nitrogens is 1. The van der Waals surface area contributed by atoms with E-state index in [4.69, 9.17) is 0 Å². The average Bonchev–Trinajstić information content (AvgIpc) is 3.35. The molecule has 1 saturated heterocycles. The maximum Gasteiger partial charge on any atom is 0.329 e. The van der Waals surface area contributed by atoms with E-state index in [1.54, 1.807) is 4.90 Å². The van der Waals surface area contributed by atoms with Gasteiger partial charge < -0.3 is 9.88 Å². The van der Waals surface area contributed by atoms with Gasteiger partial charge in [0.1, 0.15) is 11.4 Å². The second-order valence-electron chi connectivity index (χ2n) is 9.10. The minimum Gasteiger partial charge on any atom is -0.333 e. The Balaban J connectivity index is 1.62.